The summed E-state index contributed by atoms with van der Waals surface area (Å²) in [6.07, 6.45) is 5.65. The van der Waals surface area contributed by atoms with Crippen molar-refractivity contribution in [1.82, 2.24) is 19.9 Å². The summed E-state index contributed by atoms with van der Waals surface area (Å²) < 4.78 is 6.90. The first kappa shape index (κ1) is 17.1. The smallest absolute Gasteiger partial charge is 0.251 e. The van der Waals surface area contributed by atoms with Crippen molar-refractivity contribution in [2.24, 2.45) is 7.05 Å². The van der Waals surface area contributed by atoms with E-state index in [2.05, 4.69) is 20.2 Å². The highest BCUT2D eigenvalue weighted by atomic mass is 16.5. The van der Waals surface area contributed by atoms with Crippen molar-refractivity contribution in [2.75, 3.05) is 25.1 Å². The Morgan fingerprint density at radius 2 is 2.28 bits per heavy atom. The van der Waals surface area contributed by atoms with Crippen molar-refractivity contribution >= 4 is 11.7 Å². The molecule has 1 amide bonds. The SMILES string of the molecule is CO[C@@H]1C[C@H](CNC(=O)c2ccn(C)c(=O)c2)N(c2ccncn2)C1. The van der Waals surface area contributed by atoms with Crippen LogP contribution in [0.5, 0.6) is 0 Å². The highest BCUT2D eigenvalue weighted by molar-refractivity contribution is 5.94. The predicted molar refractivity (Wildman–Crippen MR) is 92.6 cm³/mol. The van der Waals surface area contributed by atoms with Crippen LogP contribution in [0.15, 0.2) is 41.7 Å². The van der Waals surface area contributed by atoms with E-state index in [-0.39, 0.29) is 23.6 Å². The Balaban J connectivity index is 1.68. The molecule has 1 aliphatic heterocycles. The van der Waals surface area contributed by atoms with Gasteiger partial charge in [-0.25, -0.2) is 9.97 Å². The van der Waals surface area contributed by atoms with Crippen molar-refractivity contribution in [3.8, 4) is 0 Å². The van der Waals surface area contributed by atoms with E-state index in [1.165, 1.54) is 17.0 Å². The number of amides is 1. The maximum atomic E-state index is 12.3. The van der Waals surface area contributed by atoms with Crippen molar-refractivity contribution in [2.45, 2.75) is 18.6 Å². The molecule has 0 spiro atoms. The molecule has 0 bridgehead atoms. The molecule has 2 aromatic rings. The molecule has 0 saturated carbocycles. The van der Waals surface area contributed by atoms with E-state index in [9.17, 15) is 9.59 Å². The molecule has 1 saturated heterocycles. The van der Waals surface area contributed by atoms with Gasteiger partial charge in [0.2, 0.25) is 0 Å². The molecule has 3 rings (SSSR count). The summed E-state index contributed by atoms with van der Waals surface area (Å²) >= 11 is 0. The number of carbonyl (C=O) groups is 1. The number of ether oxygens (including phenoxy) is 1. The number of nitrogens with zero attached hydrogens (tertiary/aromatic N) is 4. The van der Waals surface area contributed by atoms with E-state index in [1.54, 1.807) is 32.6 Å². The van der Waals surface area contributed by atoms with Gasteiger partial charge in [-0.1, -0.05) is 0 Å². The second-order valence-corrected chi connectivity index (χ2v) is 6.04. The van der Waals surface area contributed by atoms with E-state index in [4.69, 9.17) is 4.74 Å². The van der Waals surface area contributed by atoms with E-state index in [0.717, 1.165) is 12.2 Å². The molecule has 0 unspecified atom stereocenters. The maximum absolute atomic E-state index is 12.3. The second kappa shape index (κ2) is 7.43. The molecule has 1 aliphatic rings. The van der Waals surface area contributed by atoms with Crippen LogP contribution in [0.4, 0.5) is 5.82 Å². The zero-order chi connectivity index (χ0) is 17.8. The molecule has 2 atom stereocenters. The lowest BCUT2D eigenvalue weighted by Crippen LogP contribution is -2.40. The Bertz CT molecular complexity index is 792. The van der Waals surface area contributed by atoms with E-state index < -0.39 is 0 Å². The minimum atomic E-state index is -0.263. The Hall–Kier alpha value is -2.74. The summed E-state index contributed by atoms with van der Waals surface area (Å²) in [5.74, 6) is 0.545. The molecular formula is C17H21N5O3. The number of aromatic nitrogens is 3. The molecule has 0 aliphatic carbocycles. The van der Waals surface area contributed by atoms with Gasteiger partial charge < -0.3 is 19.5 Å². The van der Waals surface area contributed by atoms with Crippen LogP contribution in [-0.4, -0.2) is 52.8 Å². The molecule has 25 heavy (non-hydrogen) atoms. The van der Waals surface area contributed by atoms with E-state index in [0.29, 0.717) is 18.7 Å². The van der Waals surface area contributed by atoms with Crippen LogP contribution in [-0.2, 0) is 11.8 Å². The third-order valence-corrected chi connectivity index (χ3v) is 4.43. The van der Waals surface area contributed by atoms with Crippen molar-refractivity contribution in [1.29, 1.82) is 0 Å². The third-order valence-electron chi connectivity index (χ3n) is 4.43. The minimum Gasteiger partial charge on any atom is -0.380 e. The lowest BCUT2D eigenvalue weighted by molar-refractivity contribution is 0.0946. The molecule has 1 N–H and O–H groups in total. The van der Waals surface area contributed by atoms with Gasteiger partial charge in [-0.05, 0) is 18.6 Å². The molecular weight excluding hydrogens is 322 g/mol. The van der Waals surface area contributed by atoms with Gasteiger partial charge in [0.15, 0.2) is 0 Å². The number of anilines is 1. The van der Waals surface area contributed by atoms with Crippen molar-refractivity contribution in [3.05, 3.63) is 52.8 Å². The number of nitrogens with one attached hydrogen (secondary N) is 1. The predicted octanol–water partition coefficient (Wildman–Crippen LogP) is 0.199. The van der Waals surface area contributed by atoms with Crippen molar-refractivity contribution < 1.29 is 9.53 Å². The van der Waals surface area contributed by atoms with Gasteiger partial charge in [0, 0.05) is 51.3 Å². The first-order valence-electron chi connectivity index (χ1n) is 8.09. The molecule has 1 fully saturated rings. The first-order chi connectivity index (χ1) is 12.1. The van der Waals surface area contributed by atoms with E-state index >= 15 is 0 Å². The Kier molecular flexibility index (Phi) is 5.08. The molecule has 0 aromatic carbocycles. The van der Waals surface area contributed by atoms with Crippen molar-refractivity contribution in [3.63, 3.8) is 0 Å². The van der Waals surface area contributed by atoms with Crippen LogP contribution in [0.3, 0.4) is 0 Å². The van der Waals surface area contributed by atoms with Gasteiger partial charge in [-0.2, -0.15) is 0 Å². The average Bonchev–Trinajstić information content (AvgIpc) is 3.06. The Morgan fingerprint density at radius 3 is 2.96 bits per heavy atom. The number of hydrogen-bond acceptors (Lipinski definition) is 6. The number of aryl methyl sites for hydroxylation is 1. The van der Waals surface area contributed by atoms with Gasteiger partial charge in [-0.15, -0.1) is 0 Å². The average molecular weight is 343 g/mol. The molecule has 132 valence electrons. The second-order valence-electron chi connectivity index (χ2n) is 6.04. The van der Waals surface area contributed by atoms with Crippen LogP contribution in [0, 0.1) is 0 Å². The fraction of sp³-hybridized carbons (Fsp3) is 0.412. The van der Waals surface area contributed by atoms with Gasteiger partial charge in [0.05, 0.1) is 12.1 Å². The Labute approximate surface area is 145 Å². The summed E-state index contributed by atoms with van der Waals surface area (Å²) in [4.78, 5) is 34.3. The zero-order valence-corrected chi connectivity index (χ0v) is 14.3. The summed E-state index contributed by atoms with van der Waals surface area (Å²) in [5.41, 5.74) is 0.147. The monoisotopic (exact) mass is 343 g/mol. The van der Waals surface area contributed by atoms with Gasteiger partial charge in [0.25, 0.3) is 11.5 Å². The quantitative estimate of drug-likeness (QED) is 0.834. The van der Waals surface area contributed by atoms with Crippen LogP contribution in [0.25, 0.3) is 0 Å². The van der Waals surface area contributed by atoms with Crippen LogP contribution >= 0.6 is 0 Å². The summed E-state index contributed by atoms with van der Waals surface area (Å²) in [6.45, 7) is 1.15. The highest BCUT2D eigenvalue weighted by Crippen LogP contribution is 2.24. The fourth-order valence-electron chi connectivity index (χ4n) is 2.97. The topological polar surface area (TPSA) is 89.4 Å². The summed E-state index contributed by atoms with van der Waals surface area (Å²) in [7, 11) is 3.33. The number of carbonyl (C=O) groups excluding carboxylic acids is 1. The number of pyridine rings is 1. The Morgan fingerprint density at radius 1 is 1.44 bits per heavy atom. The van der Waals surface area contributed by atoms with Crippen LogP contribution < -0.4 is 15.8 Å². The van der Waals surface area contributed by atoms with Gasteiger partial charge >= 0.3 is 0 Å². The lowest BCUT2D eigenvalue weighted by atomic mass is 10.2. The highest BCUT2D eigenvalue weighted by Gasteiger charge is 2.33. The van der Waals surface area contributed by atoms with Crippen LogP contribution in [0.2, 0.25) is 0 Å². The maximum Gasteiger partial charge on any atom is 0.251 e. The summed E-state index contributed by atoms with van der Waals surface area (Å²) in [5, 5.41) is 2.90. The molecule has 3 heterocycles. The number of methoxy groups -OCH3 is 1. The molecule has 0 radical (unpaired) electrons. The van der Waals surface area contributed by atoms with E-state index in [1.807, 2.05) is 6.07 Å². The first-order valence-corrected chi connectivity index (χ1v) is 8.09. The zero-order valence-electron chi connectivity index (χ0n) is 14.3. The largest absolute Gasteiger partial charge is 0.380 e. The third kappa shape index (κ3) is 3.85. The molecule has 2 aromatic heterocycles. The normalized spacial score (nSPS) is 19.8. The lowest BCUT2D eigenvalue weighted by Gasteiger charge is -2.25. The molecule has 8 nitrogen and oxygen atoms in total. The number of rotatable bonds is 5. The fourth-order valence-corrected chi connectivity index (χ4v) is 2.97. The standard InChI is InChI=1S/C17H21N5O3/c1-21-6-4-12(7-16(21)23)17(24)19-9-13-8-14(25-2)10-22(13)15-3-5-18-11-20-15/h3-7,11,13-14H,8-10H2,1-2H3,(H,19,24)/t13-,14-/m1/s1. The summed E-state index contributed by atoms with van der Waals surface area (Å²) in [6, 6.07) is 4.87. The van der Waals surface area contributed by atoms with Gasteiger partial charge in [-0.3, -0.25) is 9.59 Å². The number of hydrogen-bond donors (Lipinski definition) is 1. The minimum absolute atomic E-state index is 0.0651. The van der Waals surface area contributed by atoms with Crippen LogP contribution in [0.1, 0.15) is 16.8 Å². The van der Waals surface area contributed by atoms with Gasteiger partial charge in [0.1, 0.15) is 12.1 Å². The molecule has 8 heteroatoms.